The number of nitrogens with one attached hydrogen (secondary N) is 2. The minimum atomic E-state index is -0.120. The molecule has 3 aromatic carbocycles. The molecule has 3 aromatic rings. The predicted molar refractivity (Wildman–Crippen MR) is 115 cm³/mol. The molecule has 2 amide bonds. The van der Waals surface area contributed by atoms with Crippen molar-refractivity contribution in [2.24, 2.45) is 0 Å². The van der Waals surface area contributed by atoms with Crippen molar-refractivity contribution < 1.29 is 9.59 Å². The molecule has 1 aliphatic rings. The van der Waals surface area contributed by atoms with Crippen LogP contribution >= 0.6 is 0 Å². The zero-order valence-electron chi connectivity index (χ0n) is 16.1. The van der Waals surface area contributed by atoms with E-state index >= 15 is 0 Å². The number of amides is 2. The summed E-state index contributed by atoms with van der Waals surface area (Å²) in [6, 6.07) is 25.0. The summed E-state index contributed by atoms with van der Waals surface area (Å²) in [6.45, 7) is 1.43. The normalized spacial score (nSPS) is 12.3. The van der Waals surface area contributed by atoms with Crippen LogP contribution in [0.4, 0.5) is 11.4 Å². The smallest absolute Gasteiger partial charge is 0.251 e. The van der Waals surface area contributed by atoms with Crippen molar-refractivity contribution in [2.45, 2.75) is 13.0 Å². The lowest BCUT2D eigenvalue weighted by molar-refractivity contribution is -0.116. The highest BCUT2D eigenvalue weighted by Gasteiger charge is 2.23. The third kappa shape index (κ3) is 4.46. The third-order valence-corrected chi connectivity index (χ3v) is 5.07. The molecule has 2 N–H and O–H groups in total. The average molecular weight is 385 g/mol. The Morgan fingerprint density at radius 3 is 2.38 bits per heavy atom. The van der Waals surface area contributed by atoms with Gasteiger partial charge in [-0.15, -0.1) is 0 Å². The molecule has 29 heavy (non-hydrogen) atoms. The second-order valence-corrected chi connectivity index (χ2v) is 7.02. The van der Waals surface area contributed by atoms with E-state index in [4.69, 9.17) is 0 Å². The summed E-state index contributed by atoms with van der Waals surface area (Å²) in [7, 11) is 0. The van der Waals surface area contributed by atoms with Gasteiger partial charge in [0, 0.05) is 30.0 Å². The van der Waals surface area contributed by atoms with E-state index in [2.05, 4.69) is 16.7 Å². The molecular weight excluding hydrogens is 362 g/mol. The zero-order chi connectivity index (χ0) is 20.1. The molecule has 0 fully saturated rings. The standard InChI is InChI=1S/C24H23N3O2/c28-23(27-15-14-19-8-4-5-9-22(19)27)17-25-21-12-10-20(11-13-21)24(29)26-16-18-6-2-1-3-7-18/h1-13,25H,14-17H2,(H,26,29). The Morgan fingerprint density at radius 2 is 1.59 bits per heavy atom. The number of rotatable bonds is 6. The van der Waals surface area contributed by atoms with Gasteiger partial charge in [-0.25, -0.2) is 0 Å². The minimum Gasteiger partial charge on any atom is -0.376 e. The molecule has 0 unspecified atom stereocenters. The Kier molecular flexibility index (Phi) is 5.56. The summed E-state index contributed by atoms with van der Waals surface area (Å²) in [5.41, 5.74) is 4.68. The highest BCUT2D eigenvalue weighted by molar-refractivity contribution is 5.98. The Bertz CT molecular complexity index is 1000. The lowest BCUT2D eigenvalue weighted by Gasteiger charge is -2.18. The van der Waals surface area contributed by atoms with E-state index in [0.717, 1.165) is 29.9 Å². The molecule has 0 radical (unpaired) electrons. The number of carbonyl (C=O) groups excluding carboxylic acids is 2. The number of anilines is 2. The van der Waals surface area contributed by atoms with Crippen LogP contribution in [-0.4, -0.2) is 24.9 Å². The topological polar surface area (TPSA) is 61.4 Å². The largest absolute Gasteiger partial charge is 0.376 e. The fourth-order valence-electron chi connectivity index (χ4n) is 3.49. The molecule has 146 valence electrons. The van der Waals surface area contributed by atoms with E-state index in [1.807, 2.05) is 65.6 Å². The van der Waals surface area contributed by atoms with Gasteiger partial charge in [-0.1, -0.05) is 48.5 Å². The lowest BCUT2D eigenvalue weighted by atomic mass is 10.1. The number of fused-ring (bicyclic) bond motifs is 1. The van der Waals surface area contributed by atoms with Crippen LogP contribution in [0.1, 0.15) is 21.5 Å². The second kappa shape index (κ2) is 8.61. The van der Waals surface area contributed by atoms with Gasteiger partial charge in [0.05, 0.1) is 6.54 Å². The highest BCUT2D eigenvalue weighted by atomic mass is 16.2. The molecule has 0 spiro atoms. The highest BCUT2D eigenvalue weighted by Crippen LogP contribution is 2.27. The summed E-state index contributed by atoms with van der Waals surface area (Å²) in [5, 5.41) is 6.06. The molecular formula is C24H23N3O2. The van der Waals surface area contributed by atoms with E-state index < -0.39 is 0 Å². The zero-order valence-corrected chi connectivity index (χ0v) is 16.1. The molecule has 0 bridgehead atoms. The van der Waals surface area contributed by atoms with E-state index in [9.17, 15) is 9.59 Å². The fraction of sp³-hybridized carbons (Fsp3) is 0.167. The Balaban J connectivity index is 1.29. The van der Waals surface area contributed by atoms with Gasteiger partial charge in [0.15, 0.2) is 0 Å². The van der Waals surface area contributed by atoms with Gasteiger partial charge in [-0.05, 0) is 47.9 Å². The van der Waals surface area contributed by atoms with Gasteiger partial charge in [-0.2, -0.15) is 0 Å². The second-order valence-electron chi connectivity index (χ2n) is 7.02. The molecule has 0 saturated carbocycles. The van der Waals surface area contributed by atoms with Crippen molar-refractivity contribution in [3.05, 3.63) is 95.6 Å². The monoisotopic (exact) mass is 385 g/mol. The molecule has 1 aliphatic heterocycles. The Labute approximate surface area is 170 Å². The van der Waals surface area contributed by atoms with Gasteiger partial charge < -0.3 is 15.5 Å². The minimum absolute atomic E-state index is 0.0413. The van der Waals surface area contributed by atoms with Crippen molar-refractivity contribution in [1.29, 1.82) is 0 Å². The van der Waals surface area contributed by atoms with Crippen molar-refractivity contribution in [3.63, 3.8) is 0 Å². The summed E-state index contributed by atoms with van der Waals surface area (Å²) in [6.07, 6.45) is 0.898. The first kappa shape index (κ1) is 18.7. The van der Waals surface area contributed by atoms with Crippen molar-refractivity contribution in [3.8, 4) is 0 Å². The number of hydrogen-bond donors (Lipinski definition) is 2. The average Bonchev–Trinajstić information content (AvgIpc) is 3.21. The van der Waals surface area contributed by atoms with Crippen LogP contribution in [-0.2, 0) is 17.8 Å². The number of carbonyl (C=O) groups is 2. The molecule has 4 rings (SSSR count). The first-order valence-corrected chi connectivity index (χ1v) is 9.75. The first-order valence-electron chi connectivity index (χ1n) is 9.75. The van der Waals surface area contributed by atoms with Crippen molar-refractivity contribution >= 4 is 23.2 Å². The quantitative estimate of drug-likeness (QED) is 0.681. The lowest BCUT2D eigenvalue weighted by Crippen LogP contribution is -2.34. The molecule has 0 saturated heterocycles. The molecule has 0 aliphatic carbocycles. The van der Waals surface area contributed by atoms with E-state index in [1.54, 1.807) is 12.1 Å². The van der Waals surface area contributed by atoms with Gasteiger partial charge in [0.25, 0.3) is 5.91 Å². The van der Waals surface area contributed by atoms with Gasteiger partial charge in [0.1, 0.15) is 0 Å². The SMILES string of the molecule is O=C(NCc1ccccc1)c1ccc(NCC(=O)N2CCc3ccccc32)cc1. The maximum atomic E-state index is 12.6. The number of hydrogen-bond acceptors (Lipinski definition) is 3. The molecule has 5 nitrogen and oxygen atoms in total. The maximum absolute atomic E-state index is 12.6. The number of para-hydroxylation sites is 1. The van der Waals surface area contributed by atoms with Crippen molar-refractivity contribution in [1.82, 2.24) is 5.32 Å². The summed E-state index contributed by atoms with van der Waals surface area (Å²) in [5.74, 6) is -0.0789. The fourth-order valence-corrected chi connectivity index (χ4v) is 3.49. The Morgan fingerprint density at radius 1 is 0.862 bits per heavy atom. The first-order chi connectivity index (χ1) is 14.2. The van der Waals surface area contributed by atoms with Gasteiger partial charge in [0.2, 0.25) is 5.91 Å². The summed E-state index contributed by atoms with van der Waals surface area (Å²) < 4.78 is 0. The van der Waals surface area contributed by atoms with E-state index in [-0.39, 0.29) is 18.4 Å². The van der Waals surface area contributed by atoms with Gasteiger partial charge >= 0.3 is 0 Å². The van der Waals surface area contributed by atoms with Crippen LogP contribution in [0.3, 0.4) is 0 Å². The van der Waals surface area contributed by atoms with Crippen LogP contribution < -0.4 is 15.5 Å². The summed E-state index contributed by atoms with van der Waals surface area (Å²) in [4.78, 5) is 26.7. The van der Waals surface area contributed by atoms with Crippen LogP contribution in [0.5, 0.6) is 0 Å². The third-order valence-electron chi connectivity index (χ3n) is 5.07. The number of benzene rings is 3. The van der Waals surface area contributed by atoms with Crippen LogP contribution in [0.15, 0.2) is 78.9 Å². The molecule has 0 aromatic heterocycles. The Hall–Kier alpha value is -3.60. The summed E-state index contributed by atoms with van der Waals surface area (Å²) >= 11 is 0. The van der Waals surface area contributed by atoms with Crippen LogP contribution in [0, 0.1) is 0 Å². The maximum Gasteiger partial charge on any atom is 0.251 e. The predicted octanol–water partition coefficient (Wildman–Crippen LogP) is 3.62. The van der Waals surface area contributed by atoms with E-state index in [0.29, 0.717) is 12.1 Å². The number of nitrogens with zero attached hydrogens (tertiary/aromatic N) is 1. The van der Waals surface area contributed by atoms with Crippen LogP contribution in [0.2, 0.25) is 0 Å². The molecule has 5 heteroatoms. The van der Waals surface area contributed by atoms with E-state index in [1.165, 1.54) is 5.56 Å². The molecule has 0 atom stereocenters. The van der Waals surface area contributed by atoms with Crippen LogP contribution in [0.25, 0.3) is 0 Å². The van der Waals surface area contributed by atoms with Crippen molar-refractivity contribution in [2.75, 3.05) is 23.3 Å². The molecule has 1 heterocycles. The van der Waals surface area contributed by atoms with Gasteiger partial charge in [-0.3, -0.25) is 9.59 Å².